The van der Waals surface area contributed by atoms with Crippen molar-refractivity contribution in [3.8, 4) is 11.5 Å². The van der Waals surface area contributed by atoms with Gasteiger partial charge in [-0.15, -0.1) is 10.2 Å². The quantitative estimate of drug-likeness (QED) is 0.887. The number of nitrogens with one attached hydrogen (secondary N) is 1. The topological polar surface area (TPSA) is 76.6 Å². The third kappa shape index (κ3) is 3.71. The highest BCUT2D eigenvalue weighted by atomic mass is 16.5. The zero-order valence-corrected chi connectivity index (χ0v) is 15.6. The van der Waals surface area contributed by atoms with Gasteiger partial charge in [-0.25, -0.2) is 0 Å². The Hall–Kier alpha value is -2.83. The molecule has 2 aromatic rings. The number of hydrogen-bond acceptors (Lipinski definition) is 6. The second kappa shape index (κ2) is 7.59. The summed E-state index contributed by atoms with van der Waals surface area (Å²) in [7, 11) is 3.23. The number of aromatic nitrogens is 2. The number of benzene rings is 1. The van der Waals surface area contributed by atoms with E-state index in [1.165, 1.54) is 5.56 Å². The van der Waals surface area contributed by atoms with E-state index < -0.39 is 0 Å². The SMILES string of the molecule is COc1cc2c(cc1OC)CN(C(=O)c1ccc(NC(C)C)nn1)CC2. The van der Waals surface area contributed by atoms with E-state index in [0.717, 1.165) is 12.0 Å². The summed E-state index contributed by atoms with van der Waals surface area (Å²) in [5.74, 6) is 1.93. The maximum atomic E-state index is 12.8. The van der Waals surface area contributed by atoms with Gasteiger partial charge in [-0.3, -0.25) is 4.79 Å². The first-order valence-corrected chi connectivity index (χ1v) is 8.65. The molecule has 0 saturated heterocycles. The van der Waals surface area contributed by atoms with Gasteiger partial charge >= 0.3 is 0 Å². The van der Waals surface area contributed by atoms with Crippen LogP contribution in [0.25, 0.3) is 0 Å². The lowest BCUT2D eigenvalue weighted by atomic mass is 9.98. The number of ether oxygens (including phenoxy) is 2. The highest BCUT2D eigenvalue weighted by Gasteiger charge is 2.24. The Balaban J connectivity index is 1.76. The van der Waals surface area contributed by atoms with Crippen LogP contribution >= 0.6 is 0 Å². The molecule has 26 heavy (non-hydrogen) atoms. The van der Waals surface area contributed by atoms with E-state index in [2.05, 4.69) is 15.5 Å². The van der Waals surface area contributed by atoms with Crippen LogP contribution in [0.3, 0.4) is 0 Å². The molecule has 0 spiro atoms. The Morgan fingerprint density at radius 1 is 1.12 bits per heavy atom. The molecule has 0 aliphatic carbocycles. The lowest BCUT2D eigenvalue weighted by Gasteiger charge is -2.29. The molecule has 7 heteroatoms. The minimum Gasteiger partial charge on any atom is -0.493 e. The van der Waals surface area contributed by atoms with Crippen molar-refractivity contribution in [1.29, 1.82) is 0 Å². The minimum atomic E-state index is -0.117. The third-order valence-electron chi connectivity index (χ3n) is 4.33. The summed E-state index contributed by atoms with van der Waals surface area (Å²) >= 11 is 0. The summed E-state index contributed by atoms with van der Waals surface area (Å²) in [6, 6.07) is 7.68. The molecule has 1 aliphatic rings. The molecule has 3 rings (SSSR count). The number of fused-ring (bicyclic) bond motifs is 1. The highest BCUT2D eigenvalue weighted by molar-refractivity contribution is 5.92. The van der Waals surface area contributed by atoms with Gasteiger partial charge in [-0.1, -0.05) is 0 Å². The van der Waals surface area contributed by atoms with E-state index >= 15 is 0 Å². The normalized spacial score (nSPS) is 13.3. The van der Waals surface area contributed by atoms with Crippen molar-refractivity contribution in [2.75, 3.05) is 26.1 Å². The van der Waals surface area contributed by atoms with Gasteiger partial charge in [0, 0.05) is 19.1 Å². The number of nitrogens with zero attached hydrogens (tertiary/aromatic N) is 3. The van der Waals surface area contributed by atoms with Crippen LogP contribution in [0.15, 0.2) is 24.3 Å². The van der Waals surface area contributed by atoms with Gasteiger partial charge in [-0.2, -0.15) is 0 Å². The van der Waals surface area contributed by atoms with E-state index in [9.17, 15) is 4.79 Å². The second-order valence-corrected chi connectivity index (χ2v) is 6.56. The number of carbonyl (C=O) groups is 1. The van der Waals surface area contributed by atoms with E-state index in [4.69, 9.17) is 9.47 Å². The van der Waals surface area contributed by atoms with Crippen LogP contribution in [0.2, 0.25) is 0 Å². The van der Waals surface area contributed by atoms with Crippen LogP contribution in [0.5, 0.6) is 11.5 Å². The molecule has 0 unspecified atom stereocenters. The maximum absolute atomic E-state index is 12.8. The predicted molar refractivity (Wildman–Crippen MR) is 98.8 cm³/mol. The number of hydrogen-bond donors (Lipinski definition) is 1. The van der Waals surface area contributed by atoms with Crippen molar-refractivity contribution in [1.82, 2.24) is 15.1 Å². The first-order chi connectivity index (χ1) is 12.5. The van der Waals surface area contributed by atoms with Crippen LogP contribution in [0.4, 0.5) is 5.82 Å². The summed E-state index contributed by atoms with van der Waals surface area (Å²) < 4.78 is 10.7. The van der Waals surface area contributed by atoms with E-state index in [1.807, 2.05) is 26.0 Å². The summed E-state index contributed by atoms with van der Waals surface area (Å²) in [4.78, 5) is 14.6. The van der Waals surface area contributed by atoms with Crippen molar-refractivity contribution in [2.45, 2.75) is 32.9 Å². The standard InChI is InChI=1S/C19H24N4O3/c1-12(2)20-18-6-5-15(21-22-18)19(24)23-8-7-13-9-16(25-3)17(26-4)10-14(13)11-23/h5-6,9-10,12H,7-8,11H2,1-4H3,(H,20,22). The molecule has 0 saturated carbocycles. The Bertz CT molecular complexity index is 790. The fraction of sp³-hybridized carbons (Fsp3) is 0.421. The lowest BCUT2D eigenvalue weighted by molar-refractivity contribution is 0.0727. The largest absolute Gasteiger partial charge is 0.493 e. The number of methoxy groups -OCH3 is 2. The van der Waals surface area contributed by atoms with Crippen molar-refractivity contribution < 1.29 is 14.3 Å². The van der Waals surface area contributed by atoms with Gasteiger partial charge in [0.1, 0.15) is 5.82 Å². The molecule has 0 fully saturated rings. The van der Waals surface area contributed by atoms with E-state index in [1.54, 1.807) is 31.3 Å². The first-order valence-electron chi connectivity index (χ1n) is 8.65. The molecule has 1 aliphatic heterocycles. The third-order valence-corrected chi connectivity index (χ3v) is 4.33. The van der Waals surface area contributed by atoms with Crippen molar-refractivity contribution in [3.05, 3.63) is 41.1 Å². The fourth-order valence-electron chi connectivity index (χ4n) is 3.04. The Kier molecular flexibility index (Phi) is 5.25. The number of carbonyl (C=O) groups excluding carboxylic acids is 1. The monoisotopic (exact) mass is 356 g/mol. The van der Waals surface area contributed by atoms with Gasteiger partial charge in [0.15, 0.2) is 17.2 Å². The van der Waals surface area contributed by atoms with Gasteiger partial charge in [0.25, 0.3) is 5.91 Å². The van der Waals surface area contributed by atoms with Crippen LogP contribution < -0.4 is 14.8 Å². The molecule has 0 atom stereocenters. The molecular weight excluding hydrogens is 332 g/mol. The highest BCUT2D eigenvalue weighted by Crippen LogP contribution is 2.33. The maximum Gasteiger partial charge on any atom is 0.274 e. The summed E-state index contributed by atoms with van der Waals surface area (Å²) in [5, 5.41) is 11.3. The summed E-state index contributed by atoms with van der Waals surface area (Å²) in [6.07, 6.45) is 0.766. The Labute approximate surface area is 153 Å². The molecule has 1 aromatic carbocycles. The van der Waals surface area contributed by atoms with Crippen LogP contribution in [0.1, 0.15) is 35.5 Å². The number of rotatable bonds is 5. The summed E-state index contributed by atoms with van der Waals surface area (Å²) in [5.41, 5.74) is 2.59. The van der Waals surface area contributed by atoms with Gasteiger partial charge < -0.3 is 19.7 Å². The second-order valence-electron chi connectivity index (χ2n) is 6.56. The minimum absolute atomic E-state index is 0.117. The molecule has 1 aromatic heterocycles. The van der Waals surface area contributed by atoms with Crippen molar-refractivity contribution in [3.63, 3.8) is 0 Å². The van der Waals surface area contributed by atoms with Gasteiger partial charge in [0.05, 0.1) is 14.2 Å². The fourth-order valence-corrected chi connectivity index (χ4v) is 3.04. The molecule has 1 amide bonds. The molecule has 0 bridgehead atoms. The Morgan fingerprint density at radius 3 is 2.38 bits per heavy atom. The smallest absolute Gasteiger partial charge is 0.274 e. The van der Waals surface area contributed by atoms with Crippen LogP contribution in [-0.4, -0.2) is 47.8 Å². The zero-order chi connectivity index (χ0) is 18.7. The number of amides is 1. The van der Waals surface area contributed by atoms with Gasteiger partial charge in [0.2, 0.25) is 0 Å². The van der Waals surface area contributed by atoms with Crippen LogP contribution in [0, 0.1) is 0 Å². The molecule has 0 radical (unpaired) electrons. The average Bonchev–Trinajstić information content (AvgIpc) is 2.66. The van der Waals surface area contributed by atoms with Crippen LogP contribution in [-0.2, 0) is 13.0 Å². The number of anilines is 1. The first kappa shape index (κ1) is 18.0. The average molecular weight is 356 g/mol. The lowest BCUT2D eigenvalue weighted by Crippen LogP contribution is -2.36. The molecule has 7 nitrogen and oxygen atoms in total. The van der Waals surface area contributed by atoms with Crippen molar-refractivity contribution in [2.24, 2.45) is 0 Å². The predicted octanol–water partition coefficient (Wildman–Crippen LogP) is 2.51. The van der Waals surface area contributed by atoms with Gasteiger partial charge in [-0.05, 0) is 55.7 Å². The Morgan fingerprint density at radius 2 is 1.81 bits per heavy atom. The molecular formula is C19H24N4O3. The molecule has 2 heterocycles. The summed E-state index contributed by atoms with van der Waals surface area (Å²) in [6.45, 7) is 5.20. The molecule has 138 valence electrons. The van der Waals surface area contributed by atoms with Crippen molar-refractivity contribution >= 4 is 11.7 Å². The van der Waals surface area contributed by atoms with E-state index in [-0.39, 0.29) is 11.9 Å². The van der Waals surface area contributed by atoms with E-state index in [0.29, 0.717) is 36.1 Å². The molecule has 1 N–H and O–H groups in total. The zero-order valence-electron chi connectivity index (χ0n) is 15.6.